The first kappa shape index (κ1) is 17.3. The van der Waals surface area contributed by atoms with Crippen LogP contribution in [0.2, 0.25) is 0 Å². The second kappa shape index (κ2) is 8.04. The average Bonchev–Trinajstić information content (AvgIpc) is 3.31. The van der Waals surface area contributed by atoms with Crippen LogP contribution < -0.4 is 14.8 Å². The van der Waals surface area contributed by atoms with Gasteiger partial charge in [0.25, 0.3) is 11.1 Å². The van der Waals surface area contributed by atoms with Crippen molar-refractivity contribution in [1.82, 2.24) is 10.2 Å². The van der Waals surface area contributed by atoms with Gasteiger partial charge in [-0.05, 0) is 23.6 Å². The van der Waals surface area contributed by atoms with E-state index >= 15 is 0 Å². The lowest BCUT2D eigenvalue weighted by atomic mass is 10.2. The number of carbonyl (C=O) groups is 1. The second-order valence-electron chi connectivity index (χ2n) is 4.76. The van der Waals surface area contributed by atoms with E-state index in [2.05, 4.69) is 15.5 Å². The summed E-state index contributed by atoms with van der Waals surface area (Å²) in [6, 6.07) is 8.98. The van der Waals surface area contributed by atoms with E-state index in [1.807, 2.05) is 17.5 Å². The molecule has 3 rings (SSSR count). The zero-order valence-corrected chi connectivity index (χ0v) is 15.1. The van der Waals surface area contributed by atoms with Gasteiger partial charge in [0.1, 0.15) is 0 Å². The lowest BCUT2D eigenvalue weighted by molar-refractivity contribution is -0.113. The Balaban J connectivity index is 1.56. The largest absolute Gasteiger partial charge is 0.493 e. The molecule has 0 aliphatic heterocycles. The standard InChI is InChI=1S/C16H15N3O4S2/c1-21-11-6-5-10(8-12(11)22-2)17-14(20)9-25-16-19-18-15(23-16)13-4-3-7-24-13/h3-8H,9H2,1-2H3,(H,17,20). The maximum atomic E-state index is 12.1. The molecule has 1 N–H and O–H groups in total. The Morgan fingerprint density at radius 1 is 1.24 bits per heavy atom. The zero-order valence-electron chi connectivity index (χ0n) is 13.5. The predicted octanol–water partition coefficient (Wildman–Crippen LogP) is 3.55. The topological polar surface area (TPSA) is 86.5 Å². The van der Waals surface area contributed by atoms with Crippen LogP contribution in [0.25, 0.3) is 10.8 Å². The summed E-state index contributed by atoms with van der Waals surface area (Å²) in [6.45, 7) is 0. The zero-order chi connectivity index (χ0) is 17.6. The molecule has 0 aliphatic carbocycles. The molecule has 1 amide bonds. The summed E-state index contributed by atoms with van der Waals surface area (Å²) in [6.07, 6.45) is 0. The van der Waals surface area contributed by atoms with Crippen LogP contribution in [0.1, 0.15) is 0 Å². The first-order chi connectivity index (χ1) is 12.2. The monoisotopic (exact) mass is 377 g/mol. The Labute approximate surface area is 152 Å². The van der Waals surface area contributed by atoms with Crippen molar-refractivity contribution in [3.05, 3.63) is 35.7 Å². The van der Waals surface area contributed by atoms with E-state index in [1.165, 1.54) is 23.1 Å². The summed E-state index contributed by atoms with van der Waals surface area (Å²) in [5.41, 5.74) is 0.619. The van der Waals surface area contributed by atoms with Crippen molar-refractivity contribution < 1.29 is 18.7 Å². The molecular formula is C16H15N3O4S2. The molecule has 9 heteroatoms. The number of thiophene rings is 1. The van der Waals surface area contributed by atoms with E-state index in [0.717, 1.165) is 4.88 Å². The number of thioether (sulfide) groups is 1. The molecule has 0 bridgehead atoms. The van der Waals surface area contributed by atoms with E-state index < -0.39 is 0 Å². The lowest BCUT2D eigenvalue weighted by Crippen LogP contribution is -2.14. The van der Waals surface area contributed by atoms with Gasteiger partial charge < -0.3 is 19.2 Å². The van der Waals surface area contributed by atoms with Crippen LogP contribution >= 0.6 is 23.1 Å². The maximum Gasteiger partial charge on any atom is 0.277 e. The number of anilines is 1. The molecule has 130 valence electrons. The van der Waals surface area contributed by atoms with Crippen molar-refractivity contribution >= 4 is 34.7 Å². The summed E-state index contributed by atoms with van der Waals surface area (Å²) in [4.78, 5) is 13.0. The molecule has 0 aliphatic rings. The van der Waals surface area contributed by atoms with Gasteiger partial charge in [-0.2, -0.15) is 0 Å². The SMILES string of the molecule is COc1ccc(NC(=O)CSc2nnc(-c3cccs3)o2)cc1OC. The van der Waals surface area contributed by atoms with Crippen molar-refractivity contribution in [3.63, 3.8) is 0 Å². The average molecular weight is 377 g/mol. The number of amides is 1. The minimum atomic E-state index is -0.187. The molecule has 0 radical (unpaired) electrons. The minimum Gasteiger partial charge on any atom is -0.493 e. The van der Waals surface area contributed by atoms with Gasteiger partial charge in [0, 0.05) is 11.8 Å². The second-order valence-corrected chi connectivity index (χ2v) is 6.63. The van der Waals surface area contributed by atoms with Crippen LogP contribution in [0, 0.1) is 0 Å². The number of hydrogen-bond donors (Lipinski definition) is 1. The Bertz CT molecular complexity index is 849. The Morgan fingerprint density at radius 2 is 2.08 bits per heavy atom. The van der Waals surface area contributed by atoms with Crippen LogP contribution in [0.4, 0.5) is 5.69 Å². The van der Waals surface area contributed by atoms with Gasteiger partial charge in [-0.15, -0.1) is 21.5 Å². The minimum absolute atomic E-state index is 0.153. The molecule has 0 atom stereocenters. The quantitative estimate of drug-likeness (QED) is 0.630. The molecule has 0 saturated carbocycles. The molecule has 0 saturated heterocycles. The summed E-state index contributed by atoms with van der Waals surface area (Å²) in [5.74, 6) is 1.57. The molecule has 0 fully saturated rings. The molecule has 0 unspecified atom stereocenters. The normalized spacial score (nSPS) is 10.5. The number of nitrogens with zero attached hydrogens (tertiary/aromatic N) is 2. The van der Waals surface area contributed by atoms with Crippen LogP contribution in [0.5, 0.6) is 11.5 Å². The van der Waals surface area contributed by atoms with Crippen LogP contribution in [-0.2, 0) is 4.79 Å². The molecular weight excluding hydrogens is 362 g/mol. The highest BCUT2D eigenvalue weighted by molar-refractivity contribution is 7.99. The number of methoxy groups -OCH3 is 2. The summed E-state index contributed by atoms with van der Waals surface area (Å²) >= 11 is 2.69. The number of benzene rings is 1. The van der Waals surface area contributed by atoms with Crippen LogP contribution in [-0.4, -0.2) is 36.1 Å². The van der Waals surface area contributed by atoms with Gasteiger partial charge in [0.05, 0.1) is 24.8 Å². The van der Waals surface area contributed by atoms with Gasteiger partial charge in [0.15, 0.2) is 11.5 Å². The van der Waals surface area contributed by atoms with Crippen molar-refractivity contribution in [1.29, 1.82) is 0 Å². The van der Waals surface area contributed by atoms with Crippen molar-refractivity contribution in [2.45, 2.75) is 5.22 Å². The third-order valence-corrected chi connectivity index (χ3v) is 4.81. The molecule has 3 aromatic rings. The van der Waals surface area contributed by atoms with E-state index in [1.54, 1.807) is 32.4 Å². The van der Waals surface area contributed by atoms with Gasteiger partial charge in [0.2, 0.25) is 5.91 Å². The van der Waals surface area contributed by atoms with Crippen molar-refractivity contribution in [2.24, 2.45) is 0 Å². The number of carbonyl (C=O) groups excluding carboxylic acids is 1. The van der Waals surface area contributed by atoms with Crippen LogP contribution in [0.3, 0.4) is 0 Å². The summed E-state index contributed by atoms with van der Waals surface area (Å²) in [7, 11) is 3.10. The van der Waals surface area contributed by atoms with E-state index in [-0.39, 0.29) is 11.7 Å². The third kappa shape index (κ3) is 4.31. The number of aromatic nitrogens is 2. The van der Waals surface area contributed by atoms with Gasteiger partial charge in [-0.3, -0.25) is 4.79 Å². The Hall–Kier alpha value is -2.52. The summed E-state index contributed by atoms with van der Waals surface area (Å²) in [5, 5.41) is 13.0. The fourth-order valence-electron chi connectivity index (χ4n) is 2.01. The van der Waals surface area contributed by atoms with Crippen molar-refractivity contribution in [2.75, 3.05) is 25.3 Å². The highest BCUT2D eigenvalue weighted by atomic mass is 32.2. The van der Waals surface area contributed by atoms with E-state index in [4.69, 9.17) is 13.9 Å². The molecule has 2 aromatic heterocycles. The van der Waals surface area contributed by atoms with Gasteiger partial charge >= 0.3 is 0 Å². The molecule has 7 nitrogen and oxygen atoms in total. The highest BCUT2D eigenvalue weighted by Gasteiger charge is 2.12. The first-order valence-corrected chi connectivity index (χ1v) is 9.08. The molecule has 1 aromatic carbocycles. The van der Waals surface area contributed by atoms with Crippen LogP contribution in [0.15, 0.2) is 45.4 Å². The summed E-state index contributed by atoms with van der Waals surface area (Å²) < 4.78 is 15.9. The van der Waals surface area contributed by atoms with Gasteiger partial charge in [-0.1, -0.05) is 17.8 Å². The number of ether oxygens (including phenoxy) is 2. The molecule has 2 heterocycles. The fraction of sp³-hybridized carbons (Fsp3) is 0.188. The fourth-order valence-corrected chi connectivity index (χ4v) is 3.21. The highest BCUT2D eigenvalue weighted by Crippen LogP contribution is 2.30. The maximum absolute atomic E-state index is 12.1. The Kier molecular flexibility index (Phi) is 5.56. The number of hydrogen-bond acceptors (Lipinski definition) is 8. The van der Waals surface area contributed by atoms with E-state index in [0.29, 0.717) is 28.3 Å². The van der Waals surface area contributed by atoms with E-state index in [9.17, 15) is 4.79 Å². The Morgan fingerprint density at radius 3 is 2.80 bits per heavy atom. The van der Waals surface area contributed by atoms with Crippen molar-refractivity contribution in [3.8, 4) is 22.3 Å². The lowest BCUT2D eigenvalue weighted by Gasteiger charge is -2.10. The van der Waals surface area contributed by atoms with Gasteiger partial charge in [-0.25, -0.2) is 0 Å². The number of rotatable bonds is 7. The third-order valence-electron chi connectivity index (χ3n) is 3.13. The molecule has 25 heavy (non-hydrogen) atoms. The first-order valence-electron chi connectivity index (χ1n) is 7.21. The predicted molar refractivity (Wildman–Crippen MR) is 96.5 cm³/mol. The molecule has 0 spiro atoms. The number of nitrogens with one attached hydrogen (secondary N) is 1. The smallest absolute Gasteiger partial charge is 0.277 e.